The third-order valence-corrected chi connectivity index (χ3v) is 4.36. The molecule has 0 saturated heterocycles. The summed E-state index contributed by atoms with van der Waals surface area (Å²) in [4.78, 5) is 4.00. The van der Waals surface area contributed by atoms with E-state index in [-0.39, 0.29) is 16.5 Å². The number of hydrogen-bond acceptors (Lipinski definition) is 6. The van der Waals surface area contributed by atoms with Gasteiger partial charge in [0.1, 0.15) is 21.1 Å². The summed E-state index contributed by atoms with van der Waals surface area (Å²) in [6, 6.07) is 2.43. The van der Waals surface area contributed by atoms with Gasteiger partial charge in [0.15, 0.2) is 0 Å². The molecule has 2 rings (SSSR count). The number of nitrogens with zero attached hydrogens (tertiary/aromatic N) is 4. The Hall–Kier alpha value is -1.37. The van der Waals surface area contributed by atoms with Crippen molar-refractivity contribution < 1.29 is 13.2 Å². The minimum Gasteiger partial charge on any atom is -0.245 e. The third-order valence-electron chi connectivity index (χ3n) is 2.39. The zero-order valence-electron chi connectivity index (χ0n) is 10.4. The van der Waals surface area contributed by atoms with Crippen LogP contribution in [0.5, 0.6) is 0 Å². The molecule has 0 aliphatic heterocycles. The van der Waals surface area contributed by atoms with Gasteiger partial charge in [-0.25, -0.2) is 4.98 Å². The normalized spacial score (nSPS) is 11.4. The number of aromatic nitrogens is 3. The molecule has 0 radical (unpaired) electrons. The van der Waals surface area contributed by atoms with Gasteiger partial charge in [0.2, 0.25) is 0 Å². The molecule has 0 aliphatic rings. The molecule has 10 heteroatoms. The van der Waals surface area contributed by atoms with Gasteiger partial charge in [0, 0.05) is 23.0 Å². The van der Waals surface area contributed by atoms with Gasteiger partial charge in [-0.3, -0.25) is 0 Å². The molecular weight excluding hydrogens is 345 g/mol. The quantitative estimate of drug-likeness (QED) is 0.780. The average Bonchev–Trinajstić information content (AvgIpc) is 2.80. The molecule has 0 fully saturated rings. The van der Waals surface area contributed by atoms with Crippen molar-refractivity contribution in [2.75, 3.05) is 0 Å². The topological polar surface area (TPSA) is 62.5 Å². The second kappa shape index (κ2) is 6.17. The summed E-state index contributed by atoms with van der Waals surface area (Å²) in [5, 5.41) is 12.8. The van der Waals surface area contributed by atoms with E-state index in [1.54, 1.807) is 6.07 Å². The zero-order valence-corrected chi connectivity index (χ0v) is 12.8. The maximum Gasteiger partial charge on any atom is 0.417 e. The molecule has 0 aliphatic carbocycles. The van der Waals surface area contributed by atoms with Gasteiger partial charge >= 0.3 is 6.18 Å². The lowest BCUT2D eigenvalue weighted by Gasteiger charge is -2.12. The number of hydrogen-bond donors (Lipinski definition) is 0. The number of nitriles is 1. The molecule has 0 bridgehead atoms. The highest BCUT2D eigenvalue weighted by Crippen LogP contribution is 2.37. The second-order valence-corrected chi connectivity index (χ2v) is 6.20. The molecule has 0 amide bonds. The van der Waals surface area contributed by atoms with E-state index in [4.69, 9.17) is 16.9 Å². The lowest BCUT2D eigenvalue weighted by Crippen LogP contribution is -2.10. The Kier molecular flexibility index (Phi) is 4.70. The number of halogens is 4. The van der Waals surface area contributed by atoms with Gasteiger partial charge in [-0.1, -0.05) is 27.9 Å². The first-order valence-electron chi connectivity index (χ1n) is 5.41. The Morgan fingerprint density at radius 3 is 2.71 bits per heavy atom. The predicted octanol–water partition coefficient (Wildman–Crippen LogP) is 4.08. The fourth-order valence-corrected chi connectivity index (χ4v) is 3.28. The van der Waals surface area contributed by atoms with E-state index in [1.807, 2.05) is 0 Å². The van der Waals surface area contributed by atoms with Gasteiger partial charge < -0.3 is 0 Å². The van der Waals surface area contributed by atoms with E-state index in [1.165, 1.54) is 6.92 Å². The van der Waals surface area contributed by atoms with E-state index >= 15 is 0 Å². The first kappa shape index (κ1) is 16.0. The van der Waals surface area contributed by atoms with Crippen molar-refractivity contribution in [3.8, 4) is 6.07 Å². The highest BCUT2D eigenvalue weighted by molar-refractivity contribution is 7.98. The van der Waals surface area contributed by atoms with Crippen molar-refractivity contribution in [3.05, 3.63) is 32.9 Å². The smallest absolute Gasteiger partial charge is 0.245 e. The van der Waals surface area contributed by atoms with Crippen molar-refractivity contribution in [2.24, 2.45) is 0 Å². The molecule has 2 heterocycles. The predicted molar refractivity (Wildman–Crippen MR) is 73.2 cm³/mol. The summed E-state index contributed by atoms with van der Waals surface area (Å²) in [6.45, 7) is 1.44. The lowest BCUT2D eigenvalue weighted by molar-refractivity contribution is -0.138. The number of thioether (sulfide) groups is 1. The van der Waals surface area contributed by atoms with Gasteiger partial charge in [0.05, 0.1) is 11.1 Å². The van der Waals surface area contributed by atoms with Crippen LogP contribution in [0.2, 0.25) is 4.34 Å². The molecule has 110 valence electrons. The molecule has 0 unspecified atom stereocenters. The van der Waals surface area contributed by atoms with Crippen LogP contribution < -0.4 is 0 Å². The maximum atomic E-state index is 12.9. The number of pyridine rings is 1. The van der Waals surface area contributed by atoms with Crippen LogP contribution in [0, 0.1) is 18.3 Å². The largest absolute Gasteiger partial charge is 0.417 e. The van der Waals surface area contributed by atoms with Crippen LogP contribution in [-0.2, 0) is 11.9 Å². The fourth-order valence-electron chi connectivity index (χ4n) is 1.50. The van der Waals surface area contributed by atoms with Crippen LogP contribution in [-0.4, -0.2) is 14.6 Å². The minimum atomic E-state index is -4.60. The van der Waals surface area contributed by atoms with Crippen molar-refractivity contribution in [1.29, 1.82) is 5.26 Å². The zero-order chi connectivity index (χ0) is 15.6. The van der Waals surface area contributed by atoms with E-state index in [0.717, 1.165) is 29.4 Å². The summed E-state index contributed by atoms with van der Waals surface area (Å²) < 4.78 is 42.8. The van der Waals surface area contributed by atoms with Gasteiger partial charge in [-0.05, 0) is 13.0 Å². The summed E-state index contributed by atoms with van der Waals surface area (Å²) in [7, 11) is 0. The molecule has 0 atom stereocenters. The molecule has 0 saturated carbocycles. The van der Waals surface area contributed by atoms with Crippen LogP contribution >= 0.6 is 34.9 Å². The Labute approximate surface area is 131 Å². The van der Waals surface area contributed by atoms with Crippen molar-refractivity contribution in [3.63, 3.8) is 0 Å². The SMILES string of the molecule is Cc1cc(C(F)(F)F)c(C#N)c(SCc2nnsc2Cl)n1. The van der Waals surface area contributed by atoms with E-state index in [2.05, 4.69) is 14.6 Å². The molecule has 2 aromatic heterocycles. The Morgan fingerprint density at radius 2 is 2.19 bits per heavy atom. The van der Waals surface area contributed by atoms with E-state index in [0.29, 0.717) is 10.0 Å². The Balaban J connectivity index is 2.37. The number of aryl methyl sites for hydroxylation is 1. The van der Waals surface area contributed by atoms with Crippen LogP contribution in [0.4, 0.5) is 13.2 Å². The van der Waals surface area contributed by atoms with Gasteiger partial charge in [-0.2, -0.15) is 18.4 Å². The first-order chi connectivity index (χ1) is 9.82. The monoisotopic (exact) mass is 350 g/mol. The third kappa shape index (κ3) is 3.64. The van der Waals surface area contributed by atoms with Crippen molar-refractivity contribution >= 4 is 34.9 Å². The minimum absolute atomic E-state index is 0.00823. The average molecular weight is 351 g/mol. The van der Waals surface area contributed by atoms with Gasteiger partial charge in [0.25, 0.3) is 0 Å². The Bertz CT molecular complexity index is 708. The molecule has 0 spiro atoms. The number of alkyl halides is 3. The molecule has 0 aromatic carbocycles. The highest BCUT2D eigenvalue weighted by atomic mass is 35.5. The summed E-state index contributed by atoms with van der Waals surface area (Å²) in [5.41, 5.74) is -0.835. The molecule has 0 N–H and O–H groups in total. The molecule has 21 heavy (non-hydrogen) atoms. The van der Waals surface area contributed by atoms with Crippen LogP contribution in [0.1, 0.15) is 22.5 Å². The summed E-state index contributed by atoms with van der Waals surface area (Å²) in [6.07, 6.45) is -4.60. The summed E-state index contributed by atoms with van der Waals surface area (Å²) >= 11 is 7.79. The van der Waals surface area contributed by atoms with E-state index < -0.39 is 17.3 Å². The van der Waals surface area contributed by atoms with Gasteiger partial charge in [-0.15, -0.1) is 5.10 Å². The van der Waals surface area contributed by atoms with Crippen molar-refractivity contribution in [1.82, 2.24) is 14.6 Å². The first-order valence-corrected chi connectivity index (χ1v) is 7.55. The Morgan fingerprint density at radius 1 is 1.48 bits per heavy atom. The standard InChI is InChI=1S/C11H6ClF3N4S2/c1-5-2-7(11(13,14)15)6(3-16)10(17-5)20-4-8-9(12)21-19-18-8/h2H,4H2,1H3. The van der Waals surface area contributed by atoms with Crippen LogP contribution in [0.3, 0.4) is 0 Å². The molecule has 2 aromatic rings. The van der Waals surface area contributed by atoms with Crippen molar-refractivity contribution in [2.45, 2.75) is 23.9 Å². The molecule has 4 nitrogen and oxygen atoms in total. The lowest BCUT2D eigenvalue weighted by atomic mass is 10.1. The van der Waals surface area contributed by atoms with Crippen LogP contribution in [0.25, 0.3) is 0 Å². The summed E-state index contributed by atoms with van der Waals surface area (Å²) in [5.74, 6) is 0.192. The number of rotatable bonds is 3. The van der Waals surface area contributed by atoms with Crippen LogP contribution in [0.15, 0.2) is 11.1 Å². The highest BCUT2D eigenvalue weighted by Gasteiger charge is 2.35. The molecular formula is C11H6ClF3N4S2. The second-order valence-electron chi connectivity index (χ2n) is 3.88. The maximum absolute atomic E-state index is 12.9. The van der Waals surface area contributed by atoms with E-state index in [9.17, 15) is 13.2 Å². The fraction of sp³-hybridized carbons (Fsp3) is 0.273.